The Bertz CT molecular complexity index is 1180. The minimum atomic E-state index is -5.76. The number of phosphoric ester groups is 1. The van der Waals surface area contributed by atoms with Crippen LogP contribution in [0.15, 0.2) is 12.7 Å². The number of nitrogens with two attached hydrogens (primary N) is 1. The number of anilines is 1. The van der Waals surface area contributed by atoms with Crippen LogP contribution >= 0.6 is 23.5 Å². The molecular weight excluding hydrogens is 518 g/mol. The third-order valence-electron chi connectivity index (χ3n) is 4.62. The number of ether oxygens (including phenoxy) is 1. The predicted octanol–water partition coefficient (Wildman–Crippen LogP) is 0.128. The van der Waals surface area contributed by atoms with E-state index in [1.54, 1.807) is 0 Å². The number of phosphoric acid groups is 3. The molecule has 2 aromatic heterocycles. The van der Waals surface area contributed by atoms with Gasteiger partial charge in [-0.15, -0.1) is 0 Å². The predicted molar refractivity (Wildman–Crippen MR) is 104 cm³/mol. The number of imidazole rings is 1. The standard InChI is InChI=1S/C12H19FN5O12P3/c1-2-12(3-27-32(23,24)30-33(25,26)29-31(20,21)22)8(19)6(13)11(28-12)18-5-17-7-9(14)15-4-16-10(7)18/h4-6,8,11,19H,2-3H2,1H3,(H,23,24)(H,25,26)(H2,14,15,16)(H2,20,21,22)/t6-,8+,11+,12+/m0/s1. The van der Waals surface area contributed by atoms with Crippen LogP contribution in [0.4, 0.5) is 10.2 Å². The van der Waals surface area contributed by atoms with Crippen molar-refractivity contribution in [1.29, 1.82) is 0 Å². The van der Waals surface area contributed by atoms with Crippen LogP contribution in [0.1, 0.15) is 19.6 Å². The Morgan fingerprint density at radius 2 is 1.85 bits per heavy atom. The number of hydrogen-bond donors (Lipinski definition) is 6. The van der Waals surface area contributed by atoms with Gasteiger partial charge in [-0.3, -0.25) is 9.09 Å². The zero-order valence-corrected chi connectivity index (χ0v) is 19.2. The summed E-state index contributed by atoms with van der Waals surface area (Å²) in [5.41, 5.74) is 3.92. The average Bonchev–Trinajstić information content (AvgIpc) is 3.19. The first-order valence-corrected chi connectivity index (χ1v) is 13.3. The van der Waals surface area contributed by atoms with E-state index in [0.717, 1.165) is 17.2 Å². The molecule has 0 spiro atoms. The van der Waals surface area contributed by atoms with Gasteiger partial charge in [0.25, 0.3) is 0 Å². The van der Waals surface area contributed by atoms with Crippen LogP contribution in [-0.2, 0) is 31.6 Å². The summed E-state index contributed by atoms with van der Waals surface area (Å²) in [7, 11) is -16.9. The molecule has 17 nitrogen and oxygen atoms in total. The fraction of sp³-hybridized carbons (Fsp3) is 0.583. The third-order valence-corrected chi connectivity index (χ3v) is 8.40. The molecule has 3 heterocycles. The van der Waals surface area contributed by atoms with Crippen molar-refractivity contribution in [3.63, 3.8) is 0 Å². The lowest BCUT2D eigenvalue weighted by atomic mass is 9.94. The van der Waals surface area contributed by atoms with Gasteiger partial charge in [0.15, 0.2) is 23.9 Å². The van der Waals surface area contributed by atoms with Gasteiger partial charge in [-0.05, 0) is 6.42 Å². The van der Waals surface area contributed by atoms with E-state index in [9.17, 15) is 28.6 Å². The number of aliphatic hydroxyl groups excluding tert-OH is 1. The Hall–Kier alpha value is -1.39. The highest BCUT2D eigenvalue weighted by Crippen LogP contribution is 2.66. The maximum absolute atomic E-state index is 15.0. The highest BCUT2D eigenvalue weighted by Gasteiger charge is 2.56. The maximum Gasteiger partial charge on any atom is 0.490 e. The largest absolute Gasteiger partial charge is 0.490 e. The first-order valence-electron chi connectivity index (χ1n) is 8.81. The molecule has 1 aliphatic rings. The number of alkyl halides is 1. The Morgan fingerprint density at radius 3 is 2.45 bits per heavy atom. The number of aliphatic hydroxyl groups is 1. The average molecular weight is 537 g/mol. The van der Waals surface area contributed by atoms with Crippen molar-refractivity contribution in [3.05, 3.63) is 12.7 Å². The molecule has 0 saturated carbocycles. The molecule has 186 valence electrons. The SMILES string of the molecule is CC[C@]1(COP(=O)(O)OP(=O)(O)OP(=O)(O)O)O[C@@H](n2cnc3c(N)ncnc32)[C@@H](F)[C@H]1O. The number of halogens is 1. The quantitative estimate of drug-likeness (QED) is 0.232. The highest BCUT2D eigenvalue weighted by molar-refractivity contribution is 7.66. The van der Waals surface area contributed by atoms with E-state index < -0.39 is 54.2 Å². The lowest BCUT2D eigenvalue weighted by Gasteiger charge is -2.30. The van der Waals surface area contributed by atoms with Gasteiger partial charge in [0, 0.05) is 0 Å². The molecular formula is C12H19FN5O12P3. The molecule has 33 heavy (non-hydrogen) atoms. The monoisotopic (exact) mass is 537 g/mol. The topological polar surface area (TPSA) is 259 Å². The van der Waals surface area contributed by atoms with Gasteiger partial charge < -0.3 is 35.2 Å². The minimum absolute atomic E-state index is 0.00196. The molecule has 3 rings (SSSR count). The van der Waals surface area contributed by atoms with Gasteiger partial charge in [0.1, 0.15) is 23.5 Å². The summed E-state index contributed by atoms with van der Waals surface area (Å²) in [5, 5.41) is 10.5. The van der Waals surface area contributed by atoms with Gasteiger partial charge in [0.2, 0.25) is 0 Å². The van der Waals surface area contributed by atoms with E-state index in [-0.39, 0.29) is 23.4 Å². The summed E-state index contributed by atoms with van der Waals surface area (Å²) in [6.07, 6.45) is -3.56. The number of hydrogen-bond acceptors (Lipinski definition) is 12. The van der Waals surface area contributed by atoms with E-state index in [1.165, 1.54) is 6.92 Å². The van der Waals surface area contributed by atoms with Crippen molar-refractivity contribution in [2.75, 3.05) is 12.3 Å². The van der Waals surface area contributed by atoms with Gasteiger partial charge in [0.05, 0.1) is 12.9 Å². The van der Waals surface area contributed by atoms with Crippen LogP contribution < -0.4 is 5.73 Å². The number of nitrogens with zero attached hydrogens (tertiary/aromatic N) is 4. The summed E-state index contributed by atoms with van der Waals surface area (Å²) in [5.74, 6) is 0.00196. The van der Waals surface area contributed by atoms with E-state index in [4.69, 9.17) is 20.3 Å². The van der Waals surface area contributed by atoms with Crippen LogP contribution in [0.25, 0.3) is 11.2 Å². The number of nitrogen functional groups attached to an aromatic ring is 1. The van der Waals surface area contributed by atoms with Gasteiger partial charge in [-0.2, -0.15) is 8.62 Å². The number of fused-ring (bicyclic) bond motifs is 1. The van der Waals surface area contributed by atoms with Crippen molar-refractivity contribution in [2.24, 2.45) is 0 Å². The molecule has 2 unspecified atom stereocenters. The smallest absolute Gasteiger partial charge is 0.387 e. The second kappa shape index (κ2) is 9.00. The molecule has 0 radical (unpaired) electrons. The lowest BCUT2D eigenvalue weighted by molar-refractivity contribution is -0.126. The highest BCUT2D eigenvalue weighted by atomic mass is 31.3. The molecule has 0 amide bonds. The Morgan fingerprint density at radius 1 is 1.18 bits per heavy atom. The first-order chi connectivity index (χ1) is 15.1. The molecule has 0 aromatic carbocycles. The van der Waals surface area contributed by atoms with Gasteiger partial charge in [-0.25, -0.2) is 33.0 Å². The van der Waals surface area contributed by atoms with Crippen LogP contribution in [0.2, 0.25) is 0 Å². The summed E-state index contributed by atoms with van der Waals surface area (Å²) in [6.45, 7) is 0.375. The normalized spacial score (nSPS) is 29.7. The summed E-state index contributed by atoms with van der Waals surface area (Å²) in [4.78, 5) is 47.6. The fourth-order valence-corrected chi connectivity index (χ4v) is 6.17. The molecule has 6 atom stereocenters. The van der Waals surface area contributed by atoms with Gasteiger partial charge >= 0.3 is 23.5 Å². The molecule has 1 saturated heterocycles. The van der Waals surface area contributed by atoms with E-state index in [2.05, 4.69) is 28.1 Å². The minimum Gasteiger partial charge on any atom is -0.387 e. The molecule has 0 bridgehead atoms. The molecule has 1 fully saturated rings. The van der Waals surface area contributed by atoms with Crippen LogP contribution in [0.5, 0.6) is 0 Å². The molecule has 0 aliphatic carbocycles. The lowest BCUT2D eigenvalue weighted by Crippen LogP contribution is -2.45. The van der Waals surface area contributed by atoms with Crippen LogP contribution in [-0.4, -0.2) is 68.7 Å². The molecule has 2 aromatic rings. The van der Waals surface area contributed by atoms with E-state index >= 15 is 4.39 Å². The number of rotatable bonds is 9. The second-order valence-corrected chi connectivity index (χ2v) is 11.2. The maximum atomic E-state index is 15.0. The molecule has 21 heteroatoms. The summed E-state index contributed by atoms with van der Waals surface area (Å²) in [6, 6.07) is 0. The second-order valence-electron chi connectivity index (χ2n) is 6.76. The number of aromatic nitrogens is 4. The van der Waals surface area contributed by atoms with E-state index in [1.807, 2.05) is 0 Å². The zero-order chi connectivity index (χ0) is 24.8. The summed E-state index contributed by atoms with van der Waals surface area (Å²) >= 11 is 0. The fourth-order valence-electron chi connectivity index (χ4n) is 3.10. The van der Waals surface area contributed by atoms with Crippen molar-refractivity contribution in [2.45, 2.75) is 37.4 Å². The van der Waals surface area contributed by atoms with Crippen molar-refractivity contribution < 1.29 is 60.6 Å². The summed E-state index contributed by atoms with van der Waals surface area (Å²) < 4.78 is 67.7. The van der Waals surface area contributed by atoms with Crippen molar-refractivity contribution in [1.82, 2.24) is 19.5 Å². The van der Waals surface area contributed by atoms with E-state index in [0.29, 0.717) is 0 Å². The zero-order valence-electron chi connectivity index (χ0n) is 16.5. The first kappa shape index (κ1) is 26.2. The van der Waals surface area contributed by atoms with Gasteiger partial charge in [-0.1, -0.05) is 6.92 Å². The molecule has 1 aliphatic heterocycles. The van der Waals surface area contributed by atoms with Crippen molar-refractivity contribution in [3.8, 4) is 0 Å². The Balaban J connectivity index is 1.80. The van der Waals surface area contributed by atoms with Crippen LogP contribution in [0, 0.1) is 0 Å². The van der Waals surface area contributed by atoms with Crippen molar-refractivity contribution >= 4 is 40.4 Å². The van der Waals surface area contributed by atoms with Crippen LogP contribution in [0.3, 0.4) is 0 Å². The Labute approximate surface area is 183 Å². The third kappa shape index (κ3) is 5.65. The Kier molecular flexibility index (Phi) is 7.15. The molecule has 7 N–H and O–H groups in total.